The van der Waals surface area contributed by atoms with Gasteiger partial charge in [0.05, 0.1) is 5.69 Å². The topological polar surface area (TPSA) is 84.0 Å². The summed E-state index contributed by atoms with van der Waals surface area (Å²) in [5, 5.41) is 5.91. The van der Waals surface area contributed by atoms with Crippen LogP contribution in [0.5, 0.6) is 0 Å². The molecule has 0 aliphatic heterocycles. The van der Waals surface area contributed by atoms with Crippen molar-refractivity contribution in [1.82, 2.24) is 9.97 Å². The third-order valence-corrected chi connectivity index (χ3v) is 6.71. The van der Waals surface area contributed by atoms with Gasteiger partial charge in [0.25, 0.3) is 0 Å². The van der Waals surface area contributed by atoms with Crippen LogP contribution in [0.3, 0.4) is 0 Å². The summed E-state index contributed by atoms with van der Waals surface area (Å²) in [5.74, 6) is 0.911. The van der Waals surface area contributed by atoms with Crippen molar-refractivity contribution in [2.24, 2.45) is 0 Å². The predicted octanol–water partition coefficient (Wildman–Crippen LogP) is 7.51. The zero-order valence-electron chi connectivity index (χ0n) is 21.9. The van der Waals surface area contributed by atoms with Gasteiger partial charge in [-0.05, 0) is 38.5 Å². The molecule has 0 bridgehead atoms. The Morgan fingerprint density at radius 2 is 1.15 bits per heavy atom. The van der Waals surface area contributed by atoms with Gasteiger partial charge >= 0.3 is 0 Å². The molecule has 2 amide bonds. The standard InChI is InChI=1S/C28H48N4O2/c1-3-5-7-9-11-13-15-21-25(33)30-27-23-19-17-18-20-24(23)29-28(32-27)31-26(34)22-16-14-12-10-8-6-4-2/h3-22H2,1-2H3,(H2,29,30,31,32,33,34). The van der Waals surface area contributed by atoms with Gasteiger partial charge in [-0.3, -0.25) is 14.9 Å². The van der Waals surface area contributed by atoms with E-state index >= 15 is 0 Å². The van der Waals surface area contributed by atoms with Gasteiger partial charge < -0.3 is 5.32 Å². The molecule has 1 aliphatic carbocycles. The second kappa shape index (κ2) is 17.5. The van der Waals surface area contributed by atoms with E-state index in [0.29, 0.717) is 24.6 Å². The summed E-state index contributed by atoms with van der Waals surface area (Å²) in [6.07, 6.45) is 21.5. The molecule has 6 nitrogen and oxygen atoms in total. The number of nitrogens with one attached hydrogen (secondary N) is 2. The van der Waals surface area contributed by atoms with Crippen molar-refractivity contribution < 1.29 is 9.59 Å². The van der Waals surface area contributed by atoms with Crippen molar-refractivity contribution >= 4 is 23.6 Å². The minimum absolute atomic E-state index is 0.0142. The summed E-state index contributed by atoms with van der Waals surface area (Å²) in [7, 11) is 0. The van der Waals surface area contributed by atoms with Crippen LogP contribution in [0.2, 0.25) is 0 Å². The zero-order chi connectivity index (χ0) is 24.4. The Hall–Kier alpha value is -1.98. The number of carbonyl (C=O) groups is 2. The Morgan fingerprint density at radius 3 is 1.74 bits per heavy atom. The van der Waals surface area contributed by atoms with Crippen LogP contribution in [0.1, 0.15) is 141 Å². The molecule has 0 atom stereocenters. The van der Waals surface area contributed by atoms with E-state index in [1.165, 1.54) is 64.2 Å². The first-order chi connectivity index (χ1) is 16.6. The van der Waals surface area contributed by atoms with Gasteiger partial charge in [-0.15, -0.1) is 0 Å². The van der Waals surface area contributed by atoms with E-state index in [1.807, 2.05) is 0 Å². The number of aromatic nitrogens is 2. The van der Waals surface area contributed by atoms with E-state index in [-0.39, 0.29) is 11.8 Å². The van der Waals surface area contributed by atoms with E-state index < -0.39 is 0 Å². The highest BCUT2D eigenvalue weighted by molar-refractivity contribution is 5.92. The molecule has 6 heteroatoms. The Morgan fingerprint density at radius 1 is 0.647 bits per heavy atom. The lowest BCUT2D eigenvalue weighted by Crippen LogP contribution is -2.21. The quantitative estimate of drug-likeness (QED) is 0.216. The monoisotopic (exact) mass is 472 g/mol. The molecule has 1 aliphatic rings. The van der Waals surface area contributed by atoms with Crippen LogP contribution >= 0.6 is 0 Å². The van der Waals surface area contributed by atoms with E-state index in [2.05, 4.69) is 34.4 Å². The third kappa shape index (κ3) is 11.4. The highest BCUT2D eigenvalue weighted by atomic mass is 16.2. The number of rotatable bonds is 18. The number of unbranched alkanes of at least 4 members (excludes halogenated alkanes) is 12. The first-order valence-corrected chi connectivity index (χ1v) is 14.1. The van der Waals surface area contributed by atoms with Crippen molar-refractivity contribution in [2.75, 3.05) is 10.6 Å². The molecule has 0 saturated carbocycles. The van der Waals surface area contributed by atoms with Crippen LogP contribution in [0, 0.1) is 0 Å². The molecule has 0 radical (unpaired) electrons. The summed E-state index contributed by atoms with van der Waals surface area (Å²) in [6, 6.07) is 0. The lowest BCUT2D eigenvalue weighted by Gasteiger charge is -2.19. The Balaban J connectivity index is 1.81. The lowest BCUT2D eigenvalue weighted by atomic mass is 9.96. The summed E-state index contributed by atoms with van der Waals surface area (Å²) in [6.45, 7) is 4.45. The SMILES string of the molecule is CCCCCCCCCC(=O)Nc1nc2c(c(NC(=O)CCCCCCCCC)n1)CCCC2. The summed E-state index contributed by atoms with van der Waals surface area (Å²) >= 11 is 0. The van der Waals surface area contributed by atoms with E-state index in [1.54, 1.807) is 0 Å². The van der Waals surface area contributed by atoms with Gasteiger partial charge in [0.1, 0.15) is 5.82 Å². The van der Waals surface area contributed by atoms with Gasteiger partial charge in [-0.2, -0.15) is 4.98 Å². The van der Waals surface area contributed by atoms with Crippen LogP contribution in [0.4, 0.5) is 11.8 Å². The second-order valence-corrected chi connectivity index (χ2v) is 9.87. The number of anilines is 2. The fraction of sp³-hybridized carbons (Fsp3) is 0.786. The summed E-state index contributed by atoms with van der Waals surface area (Å²) in [5.41, 5.74) is 2.02. The van der Waals surface area contributed by atoms with Crippen molar-refractivity contribution in [3.05, 3.63) is 11.3 Å². The highest BCUT2D eigenvalue weighted by Crippen LogP contribution is 2.27. The molecule has 0 aromatic carbocycles. The second-order valence-electron chi connectivity index (χ2n) is 9.87. The predicted molar refractivity (Wildman–Crippen MR) is 141 cm³/mol. The zero-order valence-corrected chi connectivity index (χ0v) is 21.9. The molecule has 1 aromatic rings. The highest BCUT2D eigenvalue weighted by Gasteiger charge is 2.20. The average molecular weight is 473 g/mol. The smallest absolute Gasteiger partial charge is 0.231 e. The average Bonchev–Trinajstić information content (AvgIpc) is 2.83. The number of nitrogens with zero attached hydrogens (tertiary/aromatic N) is 2. The maximum atomic E-state index is 12.6. The van der Waals surface area contributed by atoms with Crippen LogP contribution < -0.4 is 10.6 Å². The number of hydrogen-bond donors (Lipinski definition) is 2. The van der Waals surface area contributed by atoms with Crippen molar-refractivity contribution in [2.45, 2.75) is 142 Å². The van der Waals surface area contributed by atoms with Gasteiger partial charge in [0.2, 0.25) is 17.8 Å². The first-order valence-electron chi connectivity index (χ1n) is 14.1. The number of aryl methyl sites for hydroxylation is 1. The van der Waals surface area contributed by atoms with Gasteiger partial charge in [0.15, 0.2) is 0 Å². The molecule has 2 N–H and O–H groups in total. The molecule has 34 heavy (non-hydrogen) atoms. The molecule has 1 heterocycles. The minimum atomic E-state index is -0.0373. The van der Waals surface area contributed by atoms with Crippen molar-refractivity contribution in [3.63, 3.8) is 0 Å². The third-order valence-electron chi connectivity index (χ3n) is 6.71. The normalized spacial score (nSPS) is 12.9. The fourth-order valence-corrected chi connectivity index (χ4v) is 4.62. The largest absolute Gasteiger partial charge is 0.310 e. The number of amides is 2. The molecule has 192 valence electrons. The molecule has 0 fully saturated rings. The van der Waals surface area contributed by atoms with Crippen LogP contribution in [-0.4, -0.2) is 21.8 Å². The Kier molecular flexibility index (Phi) is 14.5. The Labute approximate surface area is 207 Å². The molecular weight excluding hydrogens is 424 g/mol. The van der Waals surface area contributed by atoms with Crippen LogP contribution in [0.15, 0.2) is 0 Å². The fourth-order valence-electron chi connectivity index (χ4n) is 4.62. The van der Waals surface area contributed by atoms with Crippen LogP contribution in [-0.2, 0) is 22.4 Å². The van der Waals surface area contributed by atoms with E-state index in [9.17, 15) is 9.59 Å². The Bertz CT molecular complexity index is 735. The molecule has 0 spiro atoms. The molecular formula is C28H48N4O2. The number of carbonyl (C=O) groups excluding carboxylic acids is 2. The van der Waals surface area contributed by atoms with E-state index in [4.69, 9.17) is 0 Å². The van der Waals surface area contributed by atoms with Gasteiger partial charge in [0, 0.05) is 18.4 Å². The summed E-state index contributed by atoms with van der Waals surface area (Å²) in [4.78, 5) is 34.2. The number of hydrogen-bond acceptors (Lipinski definition) is 4. The van der Waals surface area contributed by atoms with Crippen LogP contribution in [0.25, 0.3) is 0 Å². The maximum absolute atomic E-state index is 12.6. The van der Waals surface area contributed by atoms with E-state index in [0.717, 1.165) is 62.6 Å². The maximum Gasteiger partial charge on any atom is 0.231 e. The molecule has 2 rings (SSSR count). The molecule has 0 unspecified atom stereocenters. The molecule has 0 saturated heterocycles. The minimum Gasteiger partial charge on any atom is -0.310 e. The van der Waals surface area contributed by atoms with Crippen molar-refractivity contribution in [3.8, 4) is 0 Å². The first kappa shape index (κ1) is 28.3. The van der Waals surface area contributed by atoms with Gasteiger partial charge in [-0.25, -0.2) is 4.98 Å². The van der Waals surface area contributed by atoms with Gasteiger partial charge in [-0.1, -0.05) is 90.9 Å². The van der Waals surface area contributed by atoms with Crippen molar-refractivity contribution in [1.29, 1.82) is 0 Å². The molecule has 1 aromatic heterocycles. The number of fused-ring (bicyclic) bond motifs is 1. The summed E-state index contributed by atoms with van der Waals surface area (Å²) < 4.78 is 0. The lowest BCUT2D eigenvalue weighted by molar-refractivity contribution is -0.117.